The van der Waals surface area contributed by atoms with Crippen molar-refractivity contribution < 1.29 is 9.53 Å². The number of anilines is 2. The zero-order valence-electron chi connectivity index (χ0n) is 9.44. The minimum Gasteiger partial charge on any atom is -0.481 e. The molecule has 1 rings (SSSR count). The summed E-state index contributed by atoms with van der Waals surface area (Å²) in [5.41, 5.74) is 9.77. The second kappa shape index (κ2) is 4.21. The summed E-state index contributed by atoms with van der Waals surface area (Å²) in [6.45, 7) is 3.28. The smallest absolute Gasteiger partial charge is 0.242 e. The number of aromatic nitrogens is 2. The monoisotopic (exact) mass is 225 g/mol. The molecule has 1 amide bonds. The second-order valence-corrected chi connectivity index (χ2v) is 3.77. The summed E-state index contributed by atoms with van der Waals surface area (Å²) in [6.07, 6.45) is 0. The van der Waals surface area contributed by atoms with Crippen LogP contribution in [0.15, 0.2) is 6.07 Å². The van der Waals surface area contributed by atoms with Crippen molar-refractivity contribution in [3.8, 4) is 5.88 Å². The van der Waals surface area contributed by atoms with E-state index in [2.05, 4.69) is 15.3 Å². The number of amides is 1. The number of ether oxygens (including phenoxy) is 1. The first-order valence-electron chi connectivity index (χ1n) is 4.62. The molecule has 7 heteroatoms. The average molecular weight is 225 g/mol. The molecule has 0 aliphatic carbocycles. The number of hydrogen-bond donors (Lipinski definition) is 3. The number of methoxy groups -OCH3 is 1. The Kier molecular flexibility index (Phi) is 3.17. The zero-order valence-corrected chi connectivity index (χ0v) is 9.44. The third-order valence-electron chi connectivity index (χ3n) is 1.99. The van der Waals surface area contributed by atoms with Gasteiger partial charge in [0.05, 0.1) is 7.11 Å². The quantitative estimate of drug-likeness (QED) is 0.650. The molecule has 1 heterocycles. The summed E-state index contributed by atoms with van der Waals surface area (Å²) in [5.74, 6) is 0.259. The number of nitrogen functional groups attached to an aromatic ring is 1. The lowest BCUT2D eigenvalue weighted by Gasteiger charge is -2.22. The van der Waals surface area contributed by atoms with Crippen molar-refractivity contribution in [2.45, 2.75) is 19.4 Å². The van der Waals surface area contributed by atoms with Crippen molar-refractivity contribution in [2.75, 3.05) is 18.2 Å². The van der Waals surface area contributed by atoms with Gasteiger partial charge in [-0.3, -0.25) is 4.79 Å². The highest BCUT2D eigenvalue weighted by atomic mass is 16.5. The van der Waals surface area contributed by atoms with Gasteiger partial charge < -0.3 is 21.5 Å². The van der Waals surface area contributed by atoms with Gasteiger partial charge in [0.25, 0.3) is 0 Å². The number of nitrogens with two attached hydrogens (primary N) is 2. The van der Waals surface area contributed by atoms with Crippen LogP contribution in [0.3, 0.4) is 0 Å². The molecule has 0 saturated heterocycles. The molecule has 1 aromatic rings. The average Bonchev–Trinajstić information content (AvgIpc) is 2.15. The highest BCUT2D eigenvalue weighted by molar-refractivity contribution is 5.86. The van der Waals surface area contributed by atoms with E-state index in [9.17, 15) is 4.79 Å². The van der Waals surface area contributed by atoms with Crippen LogP contribution in [0.2, 0.25) is 0 Å². The van der Waals surface area contributed by atoms with Gasteiger partial charge in [-0.25, -0.2) is 0 Å². The van der Waals surface area contributed by atoms with Crippen molar-refractivity contribution in [3.63, 3.8) is 0 Å². The predicted octanol–water partition coefficient (Wildman–Crippen LogP) is -0.257. The Morgan fingerprint density at radius 1 is 1.50 bits per heavy atom. The highest BCUT2D eigenvalue weighted by Crippen LogP contribution is 2.18. The van der Waals surface area contributed by atoms with E-state index in [-0.39, 0.29) is 5.95 Å². The number of carbonyl (C=O) groups excluding carboxylic acids is 1. The van der Waals surface area contributed by atoms with Gasteiger partial charge in [-0.15, -0.1) is 0 Å². The molecule has 0 aliphatic rings. The number of nitrogens with one attached hydrogen (secondary N) is 1. The maximum Gasteiger partial charge on any atom is 0.242 e. The van der Waals surface area contributed by atoms with Gasteiger partial charge in [0.1, 0.15) is 11.4 Å². The van der Waals surface area contributed by atoms with Crippen LogP contribution in [0.4, 0.5) is 11.8 Å². The van der Waals surface area contributed by atoms with E-state index in [1.54, 1.807) is 13.8 Å². The van der Waals surface area contributed by atoms with E-state index in [1.807, 2.05) is 0 Å². The maximum atomic E-state index is 11.1. The summed E-state index contributed by atoms with van der Waals surface area (Å²) in [7, 11) is 1.46. The van der Waals surface area contributed by atoms with Crippen LogP contribution in [0, 0.1) is 0 Å². The molecule has 16 heavy (non-hydrogen) atoms. The molecule has 1 aromatic heterocycles. The van der Waals surface area contributed by atoms with Crippen molar-refractivity contribution in [1.82, 2.24) is 9.97 Å². The van der Waals surface area contributed by atoms with Crippen LogP contribution in [0.5, 0.6) is 5.88 Å². The first-order chi connectivity index (χ1) is 7.35. The Hall–Kier alpha value is -2.05. The molecule has 0 atom stereocenters. The largest absolute Gasteiger partial charge is 0.481 e. The second-order valence-electron chi connectivity index (χ2n) is 3.77. The van der Waals surface area contributed by atoms with E-state index < -0.39 is 11.4 Å². The van der Waals surface area contributed by atoms with Crippen molar-refractivity contribution >= 4 is 17.7 Å². The lowest BCUT2D eigenvalue weighted by Crippen LogP contribution is -2.45. The van der Waals surface area contributed by atoms with Crippen LogP contribution in [0.1, 0.15) is 13.8 Å². The number of carbonyl (C=O) groups is 1. The molecule has 0 aliphatic heterocycles. The molecule has 0 saturated carbocycles. The Bertz CT molecular complexity index is 405. The maximum absolute atomic E-state index is 11.1. The van der Waals surface area contributed by atoms with Gasteiger partial charge in [0.15, 0.2) is 0 Å². The van der Waals surface area contributed by atoms with Gasteiger partial charge in [0.2, 0.25) is 17.7 Å². The summed E-state index contributed by atoms with van der Waals surface area (Å²) >= 11 is 0. The molecule has 5 N–H and O–H groups in total. The first kappa shape index (κ1) is 12.0. The molecule has 88 valence electrons. The number of nitrogens with zero attached hydrogens (tertiary/aromatic N) is 2. The van der Waals surface area contributed by atoms with Crippen LogP contribution in [-0.4, -0.2) is 28.5 Å². The molecular weight excluding hydrogens is 210 g/mol. The summed E-state index contributed by atoms with van der Waals surface area (Å²) in [5, 5.41) is 2.85. The normalized spacial score (nSPS) is 10.9. The van der Waals surface area contributed by atoms with E-state index in [0.717, 1.165) is 0 Å². The lowest BCUT2D eigenvalue weighted by molar-refractivity contribution is -0.121. The van der Waals surface area contributed by atoms with E-state index in [1.165, 1.54) is 13.2 Å². The Morgan fingerprint density at radius 2 is 2.12 bits per heavy atom. The summed E-state index contributed by atoms with van der Waals surface area (Å²) in [4.78, 5) is 18.9. The van der Waals surface area contributed by atoms with Gasteiger partial charge in [0, 0.05) is 6.07 Å². The van der Waals surface area contributed by atoms with Crippen molar-refractivity contribution in [2.24, 2.45) is 5.73 Å². The fraction of sp³-hybridized carbons (Fsp3) is 0.444. The molecule has 0 bridgehead atoms. The molecule has 0 fully saturated rings. The van der Waals surface area contributed by atoms with Crippen molar-refractivity contribution in [3.05, 3.63) is 6.07 Å². The highest BCUT2D eigenvalue weighted by Gasteiger charge is 2.25. The van der Waals surface area contributed by atoms with Crippen molar-refractivity contribution in [1.29, 1.82) is 0 Å². The fourth-order valence-corrected chi connectivity index (χ4v) is 0.993. The first-order valence-corrected chi connectivity index (χ1v) is 4.62. The molecule has 0 radical (unpaired) electrons. The Morgan fingerprint density at radius 3 is 2.62 bits per heavy atom. The van der Waals surface area contributed by atoms with Gasteiger partial charge >= 0.3 is 0 Å². The predicted molar refractivity (Wildman–Crippen MR) is 59.9 cm³/mol. The topological polar surface area (TPSA) is 116 Å². The lowest BCUT2D eigenvalue weighted by atomic mass is 10.1. The fourth-order valence-electron chi connectivity index (χ4n) is 0.993. The van der Waals surface area contributed by atoms with Crippen LogP contribution < -0.4 is 21.5 Å². The number of hydrogen-bond acceptors (Lipinski definition) is 6. The number of rotatable bonds is 4. The van der Waals surface area contributed by atoms with Crippen LogP contribution in [-0.2, 0) is 4.79 Å². The van der Waals surface area contributed by atoms with E-state index >= 15 is 0 Å². The van der Waals surface area contributed by atoms with Gasteiger partial charge in [-0.05, 0) is 13.8 Å². The minimum absolute atomic E-state index is 0.0575. The summed E-state index contributed by atoms with van der Waals surface area (Å²) in [6, 6.07) is 1.53. The van der Waals surface area contributed by atoms with Crippen LogP contribution in [0.25, 0.3) is 0 Å². The molecular formula is C9H15N5O2. The van der Waals surface area contributed by atoms with Crippen LogP contribution >= 0.6 is 0 Å². The molecule has 0 unspecified atom stereocenters. The number of primary amides is 1. The molecule has 7 nitrogen and oxygen atoms in total. The molecule has 0 spiro atoms. The Balaban J connectivity index is 2.97. The third kappa shape index (κ3) is 2.72. The van der Waals surface area contributed by atoms with E-state index in [4.69, 9.17) is 16.2 Å². The summed E-state index contributed by atoms with van der Waals surface area (Å²) < 4.78 is 4.92. The molecule has 0 aromatic carbocycles. The van der Waals surface area contributed by atoms with Gasteiger partial charge in [-0.1, -0.05) is 0 Å². The minimum atomic E-state index is -0.925. The standard InChI is InChI=1S/C9H15N5O2/c1-9(2,7(10)15)14-5-4-6(16-3)13-8(11)12-5/h4H,1-3H3,(H2,10,15)(H3,11,12,13,14). The zero-order chi connectivity index (χ0) is 12.3. The van der Waals surface area contributed by atoms with Gasteiger partial charge in [-0.2, -0.15) is 9.97 Å². The van der Waals surface area contributed by atoms with E-state index in [0.29, 0.717) is 11.7 Å². The third-order valence-corrected chi connectivity index (χ3v) is 1.99. The SMILES string of the molecule is COc1cc(NC(C)(C)C(N)=O)nc(N)n1. The Labute approximate surface area is 93.2 Å².